The first-order valence-corrected chi connectivity index (χ1v) is 4.67. The van der Waals surface area contributed by atoms with E-state index in [1.54, 1.807) is 0 Å². The van der Waals surface area contributed by atoms with E-state index in [4.69, 9.17) is 23.1 Å². The van der Waals surface area contributed by atoms with Crippen LogP contribution in [0.4, 0.5) is 11.4 Å². The molecule has 0 saturated carbocycles. The van der Waals surface area contributed by atoms with Gasteiger partial charge < -0.3 is 11.5 Å². The molecule has 2 nitrogen and oxygen atoms in total. The second kappa shape index (κ2) is 3.46. The molecular formula is C10H15ClN2. The minimum Gasteiger partial charge on any atom is -0.397 e. The number of benzene rings is 1. The quantitative estimate of drug-likeness (QED) is 0.682. The summed E-state index contributed by atoms with van der Waals surface area (Å²) in [4.78, 5) is 0. The molecule has 0 aliphatic rings. The van der Waals surface area contributed by atoms with Gasteiger partial charge in [0.1, 0.15) is 0 Å². The molecule has 0 aliphatic carbocycles. The van der Waals surface area contributed by atoms with E-state index in [0.29, 0.717) is 17.3 Å². The zero-order chi connectivity index (χ0) is 10.2. The molecule has 72 valence electrons. The Bertz CT molecular complexity index is 306. The van der Waals surface area contributed by atoms with E-state index in [1.807, 2.05) is 13.0 Å². The molecule has 0 atom stereocenters. The van der Waals surface area contributed by atoms with Crippen molar-refractivity contribution in [2.24, 2.45) is 0 Å². The Morgan fingerprint density at radius 2 is 1.85 bits per heavy atom. The molecule has 0 saturated heterocycles. The van der Waals surface area contributed by atoms with Crippen LogP contribution in [0.2, 0.25) is 5.02 Å². The summed E-state index contributed by atoms with van der Waals surface area (Å²) in [6, 6.07) is 1.81. The van der Waals surface area contributed by atoms with Crippen molar-refractivity contribution >= 4 is 23.0 Å². The van der Waals surface area contributed by atoms with Crippen LogP contribution in [0.25, 0.3) is 0 Å². The summed E-state index contributed by atoms with van der Waals surface area (Å²) in [6.45, 7) is 6.04. The van der Waals surface area contributed by atoms with Crippen LogP contribution in [0.1, 0.15) is 30.9 Å². The lowest BCUT2D eigenvalue weighted by Crippen LogP contribution is -2.03. The van der Waals surface area contributed by atoms with Crippen LogP contribution in [-0.4, -0.2) is 0 Å². The van der Waals surface area contributed by atoms with Crippen LogP contribution in [0.15, 0.2) is 6.07 Å². The molecule has 0 amide bonds. The van der Waals surface area contributed by atoms with Gasteiger partial charge in [0, 0.05) is 5.02 Å². The predicted octanol–water partition coefficient (Wildman–Crippen LogP) is 2.94. The van der Waals surface area contributed by atoms with Gasteiger partial charge in [0.25, 0.3) is 0 Å². The number of hydrogen-bond donors (Lipinski definition) is 2. The van der Waals surface area contributed by atoms with Crippen molar-refractivity contribution in [3.63, 3.8) is 0 Å². The molecular weight excluding hydrogens is 184 g/mol. The molecule has 0 heterocycles. The first-order valence-electron chi connectivity index (χ1n) is 4.29. The number of halogens is 1. The van der Waals surface area contributed by atoms with Gasteiger partial charge in [0.05, 0.1) is 11.4 Å². The SMILES string of the molecule is Cc1cc(N)c(N)c(C(C)C)c1Cl. The summed E-state index contributed by atoms with van der Waals surface area (Å²) in [5.41, 5.74) is 14.8. The molecule has 0 spiro atoms. The largest absolute Gasteiger partial charge is 0.397 e. The minimum absolute atomic E-state index is 0.301. The van der Waals surface area contributed by atoms with Gasteiger partial charge in [0.2, 0.25) is 0 Å². The lowest BCUT2D eigenvalue weighted by molar-refractivity contribution is 0.869. The van der Waals surface area contributed by atoms with E-state index < -0.39 is 0 Å². The maximum absolute atomic E-state index is 6.13. The summed E-state index contributed by atoms with van der Waals surface area (Å²) in [6.07, 6.45) is 0. The number of nitrogen functional groups attached to an aromatic ring is 2. The van der Waals surface area contributed by atoms with Crippen molar-refractivity contribution in [3.05, 3.63) is 22.2 Å². The Balaban J connectivity index is 3.46. The predicted molar refractivity (Wildman–Crippen MR) is 59.1 cm³/mol. The third-order valence-electron chi connectivity index (χ3n) is 2.13. The Labute approximate surface area is 83.9 Å². The van der Waals surface area contributed by atoms with Crippen LogP contribution in [0.3, 0.4) is 0 Å². The van der Waals surface area contributed by atoms with Gasteiger partial charge in [-0.2, -0.15) is 0 Å². The van der Waals surface area contributed by atoms with E-state index in [2.05, 4.69) is 13.8 Å². The molecule has 0 unspecified atom stereocenters. The maximum atomic E-state index is 6.13. The fourth-order valence-corrected chi connectivity index (χ4v) is 1.80. The number of rotatable bonds is 1. The highest BCUT2D eigenvalue weighted by atomic mass is 35.5. The van der Waals surface area contributed by atoms with Crippen LogP contribution in [-0.2, 0) is 0 Å². The molecule has 0 aliphatic heterocycles. The standard InChI is InChI=1S/C10H15ClN2/c1-5(2)8-9(11)6(3)4-7(12)10(8)13/h4-5H,12-13H2,1-3H3. The Morgan fingerprint density at radius 3 is 2.31 bits per heavy atom. The lowest BCUT2D eigenvalue weighted by Gasteiger charge is -2.15. The van der Waals surface area contributed by atoms with Gasteiger partial charge >= 0.3 is 0 Å². The van der Waals surface area contributed by atoms with Crippen LogP contribution >= 0.6 is 11.6 Å². The molecule has 0 radical (unpaired) electrons. The van der Waals surface area contributed by atoms with Crippen molar-refractivity contribution < 1.29 is 0 Å². The third kappa shape index (κ3) is 1.73. The molecule has 0 aromatic heterocycles. The molecule has 1 aromatic carbocycles. The monoisotopic (exact) mass is 198 g/mol. The Kier molecular flexibility index (Phi) is 2.71. The highest BCUT2D eigenvalue weighted by molar-refractivity contribution is 6.32. The summed E-state index contributed by atoms with van der Waals surface area (Å²) < 4.78 is 0. The first-order chi connectivity index (χ1) is 5.95. The van der Waals surface area contributed by atoms with Gasteiger partial charge in [-0.1, -0.05) is 25.4 Å². The maximum Gasteiger partial charge on any atom is 0.0598 e. The second-order valence-corrected chi connectivity index (χ2v) is 3.96. The minimum atomic E-state index is 0.301. The highest BCUT2D eigenvalue weighted by Gasteiger charge is 2.13. The van der Waals surface area contributed by atoms with Gasteiger partial charge in [-0.15, -0.1) is 0 Å². The summed E-state index contributed by atoms with van der Waals surface area (Å²) >= 11 is 6.13. The Morgan fingerprint density at radius 1 is 1.31 bits per heavy atom. The van der Waals surface area contributed by atoms with E-state index in [-0.39, 0.29) is 0 Å². The topological polar surface area (TPSA) is 52.0 Å². The number of nitrogens with two attached hydrogens (primary N) is 2. The number of aryl methyl sites for hydroxylation is 1. The molecule has 4 N–H and O–H groups in total. The third-order valence-corrected chi connectivity index (χ3v) is 2.63. The van der Waals surface area contributed by atoms with Crippen molar-refractivity contribution in [1.29, 1.82) is 0 Å². The fourth-order valence-electron chi connectivity index (χ4n) is 1.42. The molecule has 3 heteroatoms. The van der Waals surface area contributed by atoms with E-state index in [0.717, 1.165) is 16.1 Å². The molecule has 1 aromatic rings. The number of anilines is 2. The Hall–Kier alpha value is -0.890. The van der Waals surface area contributed by atoms with Gasteiger partial charge in [0.15, 0.2) is 0 Å². The summed E-state index contributed by atoms with van der Waals surface area (Å²) in [5.74, 6) is 0.301. The average molecular weight is 199 g/mol. The second-order valence-electron chi connectivity index (χ2n) is 3.58. The fraction of sp³-hybridized carbons (Fsp3) is 0.400. The summed E-state index contributed by atoms with van der Waals surface area (Å²) in [7, 11) is 0. The lowest BCUT2D eigenvalue weighted by atomic mass is 9.98. The van der Waals surface area contributed by atoms with Gasteiger partial charge in [-0.05, 0) is 30.0 Å². The van der Waals surface area contributed by atoms with Crippen molar-refractivity contribution in [1.82, 2.24) is 0 Å². The van der Waals surface area contributed by atoms with E-state index in [1.165, 1.54) is 0 Å². The van der Waals surface area contributed by atoms with Crippen LogP contribution in [0.5, 0.6) is 0 Å². The molecule has 0 fully saturated rings. The molecule has 1 rings (SSSR count). The van der Waals surface area contributed by atoms with Crippen LogP contribution in [0, 0.1) is 6.92 Å². The molecule has 13 heavy (non-hydrogen) atoms. The van der Waals surface area contributed by atoms with Crippen molar-refractivity contribution in [2.45, 2.75) is 26.7 Å². The normalized spacial score (nSPS) is 10.8. The van der Waals surface area contributed by atoms with Crippen molar-refractivity contribution in [3.8, 4) is 0 Å². The first kappa shape index (κ1) is 10.2. The zero-order valence-corrected chi connectivity index (χ0v) is 8.94. The highest BCUT2D eigenvalue weighted by Crippen LogP contribution is 2.35. The van der Waals surface area contributed by atoms with E-state index >= 15 is 0 Å². The zero-order valence-electron chi connectivity index (χ0n) is 8.19. The molecule has 0 bridgehead atoms. The number of hydrogen-bond acceptors (Lipinski definition) is 2. The van der Waals surface area contributed by atoms with Gasteiger partial charge in [-0.3, -0.25) is 0 Å². The summed E-state index contributed by atoms with van der Waals surface area (Å²) in [5, 5.41) is 0.738. The smallest absolute Gasteiger partial charge is 0.0598 e. The van der Waals surface area contributed by atoms with Crippen molar-refractivity contribution in [2.75, 3.05) is 11.5 Å². The average Bonchev–Trinajstić information content (AvgIpc) is 2.01. The van der Waals surface area contributed by atoms with Gasteiger partial charge in [-0.25, -0.2) is 0 Å². The van der Waals surface area contributed by atoms with E-state index in [9.17, 15) is 0 Å². The van der Waals surface area contributed by atoms with Crippen LogP contribution < -0.4 is 11.5 Å².